The van der Waals surface area contributed by atoms with Crippen LogP contribution in [0.4, 0.5) is 5.69 Å². The number of rotatable bonds is 7. The molecule has 25 heavy (non-hydrogen) atoms. The molecule has 2 aromatic rings. The summed E-state index contributed by atoms with van der Waals surface area (Å²) in [6.07, 6.45) is 0. The number of methoxy groups -OCH3 is 1. The van der Waals surface area contributed by atoms with Crippen LogP contribution in [-0.4, -0.2) is 33.7 Å². The van der Waals surface area contributed by atoms with Crippen molar-refractivity contribution in [1.29, 1.82) is 0 Å². The van der Waals surface area contributed by atoms with Crippen LogP contribution in [0.5, 0.6) is 11.5 Å². The third-order valence-corrected chi connectivity index (χ3v) is 4.28. The Hall–Kier alpha value is -2.21. The lowest BCUT2D eigenvalue weighted by atomic mass is 10.1. The van der Waals surface area contributed by atoms with Crippen LogP contribution in [-0.2, 0) is 6.54 Å². The summed E-state index contributed by atoms with van der Waals surface area (Å²) in [6, 6.07) is 11.5. The van der Waals surface area contributed by atoms with Crippen molar-refractivity contribution in [2.45, 2.75) is 13.5 Å². The number of ether oxygens (including phenoxy) is 2. The number of benzene rings is 2. The quantitative estimate of drug-likeness (QED) is 0.758. The second kappa shape index (κ2) is 8.76. The molecule has 0 unspecified atom stereocenters. The third kappa shape index (κ3) is 4.89. The van der Waals surface area contributed by atoms with Gasteiger partial charge in [-0.3, -0.25) is 4.79 Å². The number of hydrogen-bond acceptors (Lipinski definition) is 4. The van der Waals surface area contributed by atoms with Crippen molar-refractivity contribution in [3.63, 3.8) is 0 Å². The number of hydrogen-bond donors (Lipinski definition) is 1. The molecule has 2 rings (SSSR count). The molecular weight excluding hydrogens is 384 g/mol. The van der Waals surface area contributed by atoms with Gasteiger partial charge in [-0.15, -0.1) is 0 Å². The Morgan fingerprint density at radius 2 is 1.88 bits per heavy atom. The van der Waals surface area contributed by atoms with Crippen molar-refractivity contribution in [3.05, 3.63) is 52.0 Å². The van der Waals surface area contributed by atoms with E-state index in [4.69, 9.17) is 9.47 Å². The van der Waals surface area contributed by atoms with E-state index >= 15 is 0 Å². The number of nitrogens with zero attached hydrogens (tertiary/aromatic N) is 1. The molecule has 1 N–H and O–H groups in total. The molecule has 6 heteroatoms. The lowest BCUT2D eigenvalue weighted by Gasteiger charge is -2.14. The monoisotopic (exact) mass is 406 g/mol. The van der Waals surface area contributed by atoms with Crippen LogP contribution in [0.15, 0.2) is 40.9 Å². The summed E-state index contributed by atoms with van der Waals surface area (Å²) in [4.78, 5) is 14.5. The lowest BCUT2D eigenvalue weighted by molar-refractivity contribution is 0.0950. The number of carbonyl (C=O) groups is 1. The van der Waals surface area contributed by atoms with Crippen molar-refractivity contribution in [2.24, 2.45) is 0 Å². The van der Waals surface area contributed by atoms with Gasteiger partial charge in [0.1, 0.15) is 0 Å². The summed E-state index contributed by atoms with van der Waals surface area (Å²) in [7, 11) is 5.54. The fourth-order valence-corrected chi connectivity index (χ4v) is 2.89. The summed E-state index contributed by atoms with van der Waals surface area (Å²) in [5.41, 5.74) is 2.67. The summed E-state index contributed by atoms with van der Waals surface area (Å²) in [5, 5.41) is 2.92. The van der Waals surface area contributed by atoms with Crippen molar-refractivity contribution in [3.8, 4) is 11.5 Å². The fourth-order valence-electron chi connectivity index (χ4n) is 2.33. The first-order valence-electron chi connectivity index (χ1n) is 8.01. The first-order valence-corrected chi connectivity index (χ1v) is 8.80. The maximum absolute atomic E-state index is 12.4. The Morgan fingerprint density at radius 1 is 1.20 bits per heavy atom. The van der Waals surface area contributed by atoms with E-state index in [0.717, 1.165) is 11.3 Å². The average Bonchev–Trinajstić information content (AvgIpc) is 2.61. The van der Waals surface area contributed by atoms with Gasteiger partial charge in [0.25, 0.3) is 5.91 Å². The molecule has 0 aliphatic heterocycles. The molecule has 0 fully saturated rings. The van der Waals surface area contributed by atoms with E-state index in [1.165, 1.54) is 0 Å². The molecule has 0 heterocycles. The maximum atomic E-state index is 12.4. The van der Waals surface area contributed by atoms with Crippen LogP contribution in [0.25, 0.3) is 0 Å². The van der Waals surface area contributed by atoms with Gasteiger partial charge < -0.3 is 19.7 Å². The van der Waals surface area contributed by atoms with Crippen LogP contribution < -0.4 is 19.7 Å². The molecule has 0 aliphatic carbocycles. The Balaban J connectivity index is 2.09. The largest absolute Gasteiger partial charge is 0.493 e. The minimum absolute atomic E-state index is 0.168. The highest BCUT2D eigenvalue weighted by Crippen LogP contribution is 2.36. The predicted molar refractivity (Wildman–Crippen MR) is 104 cm³/mol. The first kappa shape index (κ1) is 19.1. The van der Waals surface area contributed by atoms with Gasteiger partial charge in [-0.2, -0.15) is 0 Å². The Morgan fingerprint density at radius 3 is 2.44 bits per heavy atom. The Kier molecular flexibility index (Phi) is 6.70. The summed E-state index contributed by atoms with van der Waals surface area (Å²) in [5.74, 6) is 0.955. The fraction of sp³-hybridized carbons (Fsp3) is 0.316. The van der Waals surface area contributed by atoms with E-state index in [1.54, 1.807) is 19.2 Å². The molecule has 1 amide bonds. The topological polar surface area (TPSA) is 50.8 Å². The second-order valence-corrected chi connectivity index (χ2v) is 6.52. The summed E-state index contributed by atoms with van der Waals surface area (Å²) < 4.78 is 11.6. The normalized spacial score (nSPS) is 10.3. The molecule has 0 aromatic heterocycles. The standard InChI is InChI=1S/C19H23BrN2O3/c1-5-25-18-16(20)10-14(11-17(18)24-4)19(23)21-12-13-6-8-15(9-7-13)22(2)3/h6-11H,5,12H2,1-4H3,(H,21,23). The van der Waals surface area contributed by atoms with E-state index in [9.17, 15) is 4.79 Å². The zero-order chi connectivity index (χ0) is 18.4. The van der Waals surface area contributed by atoms with Crippen molar-refractivity contribution in [1.82, 2.24) is 5.32 Å². The van der Waals surface area contributed by atoms with E-state index in [1.807, 2.05) is 50.2 Å². The predicted octanol–water partition coefficient (Wildman–Crippen LogP) is 3.85. The Labute approximate surface area is 157 Å². The third-order valence-electron chi connectivity index (χ3n) is 3.69. The molecule has 0 saturated heterocycles. The van der Waals surface area contributed by atoms with Crippen LogP contribution >= 0.6 is 15.9 Å². The van der Waals surface area contributed by atoms with E-state index in [2.05, 4.69) is 21.2 Å². The zero-order valence-electron chi connectivity index (χ0n) is 14.9. The van der Waals surface area contributed by atoms with Gasteiger partial charge in [0, 0.05) is 31.9 Å². The first-order chi connectivity index (χ1) is 12.0. The number of nitrogens with one attached hydrogen (secondary N) is 1. The SMILES string of the molecule is CCOc1c(Br)cc(C(=O)NCc2ccc(N(C)C)cc2)cc1OC. The summed E-state index contributed by atoms with van der Waals surface area (Å²) >= 11 is 3.44. The number of amides is 1. The average molecular weight is 407 g/mol. The molecule has 0 spiro atoms. The minimum atomic E-state index is -0.168. The molecule has 0 saturated carbocycles. The molecule has 5 nitrogen and oxygen atoms in total. The number of anilines is 1. The van der Waals surface area contributed by atoms with E-state index in [0.29, 0.717) is 34.7 Å². The van der Waals surface area contributed by atoms with Crippen molar-refractivity contribution in [2.75, 3.05) is 32.7 Å². The van der Waals surface area contributed by atoms with Gasteiger partial charge in [0.15, 0.2) is 11.5 Å². The zero-order valence-corrected chi connectivity index (χ0v) is 16.5. The van der Waals surface area contributed by atoms with Crippen LogP contribution in [0.1, 0.15) is 22.8 Å². The number of carbonyl (C=O) groups excluding carboxylic acids is 1. The molecule has 0 bridgehead atoms. The van der Waals surface area contributed by atoms with E-state index in [-0.39, 0.29) is 5.91 Å². The van der Waals surface area contributed by atoms with Crippen LogP contribution in [0.3, 0.4) is 0 Å². The highest BCUT2D eigenvalue weighted by Gasteiger charge is 2.15. The smallest absolute Gasteiger partial charge is 0.251 e. The van der Waals surface area contributed by atoms with Gasteiger partial charge >= 0.3 is 0 Å². The number of halogens is 1. The molecular formula is C19H23BrN2O3. The molecule has 0 aliphatic rings. The van der Waals surface area contributed by atoms with Gasteiger partial charge in [0.2, 0.25) is 0 Å². The van der Waals surface area contributed by atoms with Crippen molar-refractivity contribution < 1.29 is 14.3 Å². The molecule has 0 atom stereocenters. The van der Waals surface area contributed by atoms with Gasteiger partial charge in [-0.05, 0) is 52.7 Å². The molecule has 134 valence electrons. The summed E-state index contributed by atoms with van der Waals surface area (Å²) in [6.45, 7) is 2.87. The second-order valence-electron chi connectivity index (χ2n) is 5.67. The molecule has 0 radical (unpaired) electrons. The van der Waals surface area contributed by atoms with E-state index < -0.39 is 0 Å². The minimum Gasteiger partial charge on any atom is -0.493 e. The highest BCUT2D eigenvalue weighted by atomic mass is 79.9. The van der Waals surface area contributed by atoms with Crippen LogP contribution in [0, 0.1) is 0 Å². The lowest BCUT2D eigenvalue weighted by Crippen LogP contribution is -2.23. The maximum Gasteiger partial charge on any atom is 0.251 e. The van der Waals surface area contributed by atoms with Gasteiger partial charge in [-0.1, -0.05) is 12.1 Å². The van der Waals surface area contributed by atoms with Gasteiger partial charge in [0.05, 0.1) is 18.2 Å². The Bertz CT molecular complexity index is 730. The molecule has 2 aromatic carbocycles. The van der Waals surface area contributed by atoms with Crippen molar-refractivity contribution >= 4 is 27.5 Å². The highest BCUT2D eigenvalue weighted by molar-refractivity contribution is 9.10. The van der Waals surface area contributed by atoms with Gasteiger partial charge in [-0.25, -0.2) is 0 Å². The van der Waals surface area contributed by atoms with Crippen LogP contribution in [0.2, 0.25) is 0 Å².